The minimum atomic E-state index is -0.00956. The van der Waals surface area contributed by atoms with Gasteiger partial charge in [-0.05, 0) is 25.1 Å². The van der Waals surface area contributed by atoms with Crippen LogP contribution in [0.15, 0.2) is 32.5 Å². The summed E-state index contributed by atoms with van der Waals surface area (Å²) in [6.07, 6.45) is 0. The van der Waals surface area contributed by atoms with Crippen molar-refractivity contribution in [1.29, 1.82) is 0 Å². The van der Waals surface area contributed by atoms with E-state index in [9.17, 15) is 0 Å². The van der Waals surface area contributed by atoms with Gasteiger partial charge >= 0.3 is 0 Å². The van der Waals surface area contributed by atoms with Gasteiger partial charge in [0.25, 0.3) is 0 Å². The summed E-state index contributed by atoms with van der Waals surface area (Å²) < 4.78 is 2.08. The summed E-state index contributed by atoms with van der Waals surface area (Å²) in [5, 5.41) is 2.99. The monoisotopic (exact) mass is 360 g/mol. The fourth-order valence-electron chi connectivity index (χ4n) is 1.31. The van der Waals surface area contributed by atoms with Gasteiger partial charge in [0.2, 0.25) is 0 Å². The van der Waals surface area contributed by atoms with E-state index in [0.717, 1.165) is 25.2 Å². The van der Waals surface area contributed by atoms with Crippen molar-refractivity contribution in [1.82, 2.24) is 4.98 Å². The van der Waals surface area contributed by atoms with Gasteiger partial charge < -0.3 is 5.73 Å². The predicted octanol–water partition coefficient (Wildman–Crippen LogP) is 4.35. The number of rotatable bonds is 2. The van der Waals surface area contributed by atoms with E-state index in [1.54, 1.807) is 11.3 Å². The Morgan fingerprint density at radius 2 is 2.12 bits per heavy atom. The molecule has 1 unspecified atom stereocenters. The first-order valence-electron chi connectivity index (χ1n) is 4.74. The fourth-order valence-corrected chi connectivity index (χ4v) is 2.90. The molecule has 0 aliphatic carbocycles. The van der Waals surface area contributed by atoms with Crippen molar-refractivity contribution in [2.24, 2.45) is 5.73 Å². The Bertz CT molecular complexity index is 508. The van der Waals surface area contributed by atoms with Crippen molar-refractivity contribution < 1.29 is 0 Å². The highest BCUT2D eigenvalue weighted by molar-refractivity contribution is 9.11. The van der Waals surface area contributed by atoms with Gasteiger partial charge in [0.15, 0.2) is 0 Å². The van der Waals surface area contributed by atoms with E-state index in [1.165, 1.54) is 0 Å². The van der Waals surface area contributed by atoms with Crippen molar-refractivity contribution >= 4 is 43.2 Å². The molecule has 2 rings (SSSR count). The molecule has 2 aromatic rings. The van der Waals surface area contributed by atoms with Crippen LogP contribution in [0.2, 0.25) is 0 Å². The van der Waals surface area contributed by atoms with Crippen LogP contribution < -0.4 is 5.73 Å². The average molecular weight is 362 g/mol. The van der Waals surface area contributed by atoms with E-state index < -0.39 is 0 Å². The summed E-state index contributed by atoms with van der Waals surface area (Å²) >= 11 is 8.58. The molecule has 0 saturated heterocycles. The highest BCUT2D eigenvalue weighted by Gasteiger charge is 2.10. The lowest BCUT2D eigenvalue weighted by Crippen LogP contribution is -2.03. The predicted molar refractivity (Wildman–Crippen MR) is 75.6 cm³/mol. The van der Waals surface area contributed by atoms with E-state index in [0.29, 0.717) is 0 Å². The lowest BCUT2D eigenvalue weighted by Gasteiger charge is -2.02. The average Bonchev–Trinajstić information content (AvgIpc) is 2.70. The normalized spacial score (nSPS) is 12.8. The van der Waals surface area contributed by atoms with E-state index >= 15 is 0 Å². The van der Waals surface area contributed by atoms with Crippen LogP contribution in [0.5, 0.6) is 0 Å². The molecule has 5 heteroatoms. The maximum Gasteiger partial charge on any atom is 0.110 e. The van der Waals surface area contributed by atoms with Gasteiger partial charge in [0.05, 0.1) is 11.7 Å². The molecule has 2 N–H and O–H groups in total. The quantitative estimate of drug-likeness (QED) is 0.863. The van der Waals surface area contributed by atoms with E-state index in [1.807, 2.05) is 30.5 Å². The highest BCUT2D eigenvalue weighted by atomic mass is 79.9. The second kappa shape index (κ2) is 4.96. The molecule has 1 aromatic heterocycles. The molecule has 0 saturated carbocycles. The van der Waals surface area contributed by atoms with Crippen LogP contribution in [0.4, 0.5) is 0 Å². The number of hydrogen-bond donors (Lipinski definition) is 1. The summed E-state index contributed by atoms with van der Waals surface area (Å²) in [7, 11) is 0. The van der Waals surface area contributed by atoms with Gasteiger partial charge in [-0.25, -0.2) is 4.98 Å². The zero-order valence-corrected chi connectivity index (χ0v) is 12.6. The van der Waals surface area contributed by atoms with Gasteiger partial charge in [-0.1, -0.05) is 31.9 Å². The smallest absolute Gasteiger partial charge is 0.110 e. The van der Waals surface area contributed by atoms with Gasteiger partial charge in [-0.15, -0.1) is 11.3 Å². The number of nitrogens with two attached hydrogens (primary N) is 1. The minimum absolute atomic E-state index is 0.00956. The first-order chi connectivity index (χ1) is 7.58. The Morgan fingerprint density at radius 3 is 2.75 bits per heavy atom. The van der Waals surface area contributed by atoms with Crippen LogP contribution in [0, 0.1) is 0 Å². The number of nitrogens with zero attached hydrogens (tertiary/aromatic N) is 1. The van der Waals surface area contributed by atoms with Crippen LogP contribution in [0.25, 0.3) is 11.3 Å². The summed E-state index contributed by atoms with van der Waals surface area (Å²) in [6, 6.07) is 6.03. The van der Waals surface area contributed by atoms with Crippen LogP contribution in [0.3, 0.4) is 0 Å². The molecule has 0 fully saturated rings. The summed E-state index contributed by atoms with van der Waals surface area (Å²) in [5.41, 5.74) is 7.84. The number of aromatic nitrogens is 1. The Balaban J connectivity index is 2.46. The third-order valence-corrected chi connectivity index (χ3v) is 4.35. The second-order valence-electron chi connectivity index (χ2n) is 3.48. The van der Waals surface area contributed by atoms with Gasteiger partial charge in [0, 0.05) is 19.9 Å². The lowest BCUT2D eigenvalue weighted by atomic mass is 10.2. The minimum Gasteiger partial charge on any atom is -0.322 e. The molecular formula is C11H10Br2N2S. The van der Waals surface area contributed by atoms with Crippen molar-refractivity contribution in [2.75, 3.05) is 0 Å². The number of hydrogen-bond acceptors (Lipinski definition) is 3. The molecule has 84 valence electrons. The summed E-state index contributed by atoms with van der Waals surface area (Å²) in [6.45, 7) is 1.94. The van der Waals surface area contributed by atoms with Gasteiger partial charge in [-0.3, -0.25) is 0 Å². The fraction of sp³-hybridized carbons (Fsp3) is 0.182. The molecule has 1 atom stereocenters. The van der Waals surface area contributed by atoms with Gasteiger partial charge in [-0.2, -0.15) is 0 Å². The highest BCUT2D eigenvalue weighted by Crippen LogP contribution is 2.32. The van der Waals surface area contributed by atoms with Crippen LogP contribution in [-0.2, 0) is 0 Å². The first-order valence-corrected chi connectivity index (χ1v) is 7.21. The second-order valence-corrected chi connectivity index (χ2v) is 6.14. The zero-order chi connectivity index (χ0) is 11.7. The first kappa shape index (κ1) is 12.2. The maximum absolute atomic E-state index is 5.80. The molecule has 1 heterocycles. The standard InChI is InChI=1S/C11H10Br2N2S/c1-6(14)11-15-10(5-16-11)8-4-7(12)2-3-9(8)13/h2-6H,14H2,1H3. The Morgan fingerprint density at radius 1 is 1.38 bits per heavy atom. The summed E-state index contributed by atoms with van der Waals surface area (Å²) in [5.74, 6) is 0. The molecule has 0 spiro atoms. The molecule has 0 aliphatic rings. The lowest BCUT2D eigenvalue weighted by molar-refractivity contribution is 0.808. The van der Waals surface area contributed by atoms with Crippen molar-refractivity contribution in [3.8, 4) is 11.3 Å². The molecule has 16 heavy (non-hydrogen) atoms. The molecule has 2 nitrogen and oxygen atoms in total. The Labute approximate surface area is 115 Å². The summed E-state index contributed by atoms with van der Waals surface area (Å²) in [4.78, 5) is 4.52. The molecule has 1 aromatic carbocycles. The molecule has 0 amide bonds. The van der Waals surface area contributed by atoms with E-state index in [2.05, 4.69) is 36.8 Å². The molecule has 0 radical (unpaired) electrons. The van der Waals surface area contributed by atoms with Crippen molar-refractivity contribution in [3.63, 3.8) is 0 Å². The number of halogens is 2. The number of thiazole rings is 1. The third-order valence-electron chi connectivity index (χ3n) is 2.12. The van der Waals surface area contributed by atoms with Crippen LogP contribution in [-0.4, -0.2) is 4.98 Å². The van der Waals surface area contributed by atoms with Gasteiger partial charge in [0.1, 0.15) is 5.01 Å². The Kier molecular flexibility index (Phi) is 3.79. The number of benzene rings is 1. The molecule has 0 aliphatic heterocycles. The largest absolute Gasteiger partial charge is 0.322 e. The zero-order valence-electron chi connectivity index (χ0n) is 8.58. The van der Waals surface area contributed by atoms with Crippen LogP contribution >= 0.6 is 43.2 Å². The van der Waals surface area contributed by atoms with Crippen molar-refractivity contribution in [2.45, 2.75) is 13.0 Å². The molecule has 0 bridgehead atoms. The SMILES string of the molecule is CC(N)c1nc(-c2cc(Br)ccc2Br)cs1. The van der Waals surface area contributed by atoms with Crippen LogP contribution in [0.1, 0.15) is 18.0 Å². The third kappa shape index (κ3) is 2.53. The van der Waals surface area contributed by atoms with E-state index in [4.69, 9.17) is 5.73 Å². The Hall–Kier alpha value is -0.230. The maximum atomic E-state index is 5.80. The topological polar surface area (TPSA) is 38.9 Å². The van der Waals surface area contributed by atoms with E-state index in [-0.39, 0.29) is 6.04 Å². The van der Waals surface area contributed by atoms with Crippen molar-refractivity contribution in [3.05, 3.63) is 37.5 Å². The molecular weight excluding hydrogens is 352 g/mol.